The van der Waals surface area contributed by atoms with E-state index >= 15 is 0 Å². The Balaban J connectivity index is 2.10. The number of carbonyl (C=O) groups is 1. The van der Waals surface area contributed by atoms with E-state index in [4.69, 9.17) is 0 Å². The average molecular weight is 269 g/mol. The van der Waals surface area contributed by atoms with Gasteiger partial charge in [0.2, 0.25) is 0 Å². The van der Waals surface area contributed by atoms with Gasteiger partial charge in [0.25, 0.3) is 5.91 Å². The van der Waals surface area contributed by atoms with Crippen LogP contribution in [0.5, 0.6) is 0 Å². The minimum atomic E-state index is -0.432. The number of hydrogen-bond donors (Lipinski definition) is 0. The molecule has 0 saturated heterocycles. The highest BCUT2D eigenvalue weighted by atomic mass is 19.1. The lowest BCUT2D eigenvalue weighted by Crippen LogP contribution is -2.15. The Bertz CT molecular complexity index is 795. The standard InChI is InChI=1S/C15H12FN3O/c1-2-13-17-8-9-19(13)15(20)12-7-6-10-4-3-5-11(16)14(10)18-12/h3-9H,2H2,1H3. The van der Waals surface area contributed by atoms with E-state index in [0.717, 1.165) is 0 Å². The van der Waals surface area contributed by atoms with E-state index in [1.807, 2.05) is 6.92 Å². The first-order valence-corrected chi connectivity index (χ1v) is 6.33. The van der Waals surface area contributed by atoms with Gasteiger partial charge in [-0.3, -0.25) is 9.36 Å². The fourth-order valence-corrected chi connectivity index (χ4v) is 2.13. The van der Waals surface area contributed by atoms with Gasteiger partial charge in [-0.05, 0) is 12.1 Å². The quantitative estimate of drug-likeness (QED) is 0.718. The van der Waals surface area contributed by atoms with Gasteiger partial charge in [-0.1, -0.05) is 25.1 Å². The van der Waals surface area contributed by atoms with Crippen LogP contribution in [0.3, 0.4) is 0 Å². The first-order valence-electron chi connectivity index (χ1n) is 6.33. The molecular weight excluding hydrogens is 257 g/mol. The molecule has 5 heteroatoms. The van der Waals surface area contributed by atoms with Crippen molar-refractivity contribution >= 4 is 16.8 Å². The molecule has 2 heterocycles. The van der Waals surface area contributed by atoms with Crippen LogP contribution in [0.4, 0.5) is 4.39 Å². The molecule has 0 bridgehead atoms. The van der Waals surface area contributed by atoms with Crippen molar-refractivity contribution in [1.82, 2.24) is 14.5 Å². The van der Waals surface area contributed by atoms with E-state index in [9.17, 15) is 9.18 Å². The molecule has 0 atom stereocenters. The molecule has 0 fully saturated rings. The molecule has 100 valence electrons. The van der Waals surface area contributed by atoms with Crippen molar-refractivity contribution in [3.8, 4) is 0 Å². The van der Waals surface area contributed by atoms with Crippen LogP contribution in [0.1, 0.15) is 23.2 Å². The van der Waals surface area contributed by atoms with Crippen molar-refractivity contribution in [2.24, 2.45) is 0 Å². The summed E-state index contributed by atoms with van der Waals surface area (Å²) in [6.45, 7) is 1.92. The molecular formula is C15H12FN3O. The van der Waals surface area contributed by atoms with E-state index in [1.165, 1.54) is 10.6 Å². The Hall–Kier alpha value is -2.56. The number of fused-ring (bicyclic) bond motifs is 1. The zero-order valence-electron chi connectivity index (χ0n) is 10.9. The number of carbonyl (C=O) groups excluding carboxylic acids is 1. The predicted octanol–water partition coefficient (Wildman–Crippen LogP) is 2.82. The summed E-state index contributed by atoms with van der Waals surface area (Å²) in [6.07, 6.45) is 3.80. The summed E-state index contributed by atoms with van der Waals surface area (Å²) in [5.74, 6) is -0.0755. The highest BCUT2D eigenvalue weighted by Crippen LogP contribution is 2.16. The Kier molecular flexibility index (Phi) is 3.02. The first-order chi connectivity index (χ1) is 9.70. The molecule has 0 amide bonds. The second-order valence-electron chi connectivity index (χ2n) is 4.38. The van der Waals surface area contributed by atoms with Gasteiger partial charge in [0.1, 0.15) is 22.9 Å². The van der Waals surface area contributed by atoms with Gasteiger partial charge in [-0.2, -0.15) is 0 Å². The van der Waals surface area contributed by atoms with Crippen LogP contribution in [0.25, 0.3) is 10.9 Å². The second kappa shape index (κ2) is 4.85. The van der Waals surface area contributed by atoms with Gasteiger partial charge < -0.3 is 0 Å². The lowest BCUT2D eigenvalue weighted by Gasteiger charge is -2.06. The van der Waals surface area contributed by atoms with Crippen LogP contribution in [0, 0.1) is 5.82 Å². The number of aromatic nitrogens is 3. The number of para-hydroxylation sites is 1. The Morgan fingerprint density at radius 3 is 2.95 bits per heavy atom. The van der Waals surface area contributed by atoms with Crippen LogP contribution >= 0.6 is 0 Å². The van der Waals surface area contributed by atoms with Crippen LogP contribution in [-0.2, 0) is 6.42 Å². The first kappa shape index (κ1) is 12.5. The van der Waals surface area contributed by atoms with Crippen LogP contribution < -0.4 is 0 Å². The number of rotatable bonds is 2. The molecule has 0 unspecified atom stereocenters. The van der Waals surface area contributed by atoms with Gasteiger partial charge in [-0.15, -0.1) is 0 Å². The molecule has 0 radical (unpaired) electrons. The lowest BCUT2D eigenvalue weighted by molar-refractivity contribution is 0.0952. The molecule has 4 nitrogen and oxygen atoms in total. The van der Waals surface area contributed by atoms with E-state index in [0.29, 0.717) is 17.6 Å². The van der Waals surface area contributed by atoms with Crippen molar-refractivity contribution < 1.29 is 9.18 Å². The maximum Gasteiger partial charge on any atom is 0.281 e. The molecule has 0 aliphatic heterocycles. The molecule has 1 aromatic carbocycles. The lowest BCUT2D eigenvalue weighted by atomic mass is 10.2. The molecule has 3 aromatic rings. The summed E-state index contributed by atoms with van der Waals surface area (Å²) >= 11 is 0. The predicted molar refractivity (Wildman–Crippen MR) is 73.0 cm³/mol. The zero-order chi connectivity index (χ0) is 14.1. The topological polar surface area (TPSA) is 47.8 Å². The minimum absolute atomic E-state index is 0.204. The summed E-state index contributed by atoms with van der Waals surface area (Å²) in [4.78, 5) is 20.6. The van der Waals surface area contributed by atoms with Gasteiger partial charge in [-0.25, -0.2) is 14.4 Å². The van der Waals surface area contributed by atoms with Crippen molar-refractivity contribution in [3.63, 3.8) is 0 Å². The summed E-state index contributed by atoms with van der Waals surface area (Å²) in [5.41, 5.74) is 0.409. The van der Waals surface area contributed by atoms with E-state index < -0.39 is 5.82 Å². The summed E-state index contributed by atoms with van der Waals surface area (Å²) in [6, 6.07) is 8.00. The van der Waals surface area contributed by atoms with E-state index in [-0.39, 0.29) is 17.1 Å². The number of hydrogen-bond acceptors (Lipinski definition) is 3. The van der Waals surface area contributed by atoms with Crippen LogP contribution in [-0.4, -0.2) is 20.4 Å². The largest absolute Gasteiger partial charge is 0.281 e. The summed E-state index contributed by atoms with van der Waals surface area (Å²) in [7, 11) is 0. The van der Waals surface area contributed by atoms with Gasteiger partial charge >= 0.3 is 0 Å². The van der Waals surface area contributed by atoms with Crippen molar-refractivity contribution in [2.75, 3.05) is 0 Å². The monoisotopic (exact) mass is 269 g/mol. The smallest absolute Gasteiger partial charge is 0.268 e. The number of pyridine rings is 1. The SMILES string of the molecule is CCc1nccn1C(=O)c1ccc2cccc(F)c2n1. The Morgan fingerprint density at radius 2 is 2.15 bits per heavy atom. The minimum Gasteiger partial charge on any atom is -0.268 e. The maximum absolute atomic E-state index is 13.7. The Labute approximate surface area is 114 Å². The molecule has 0 aliphatic rings. The number of aryl methyl sites for hydroxylation is 1. The Morgan fingerprint density at radius 1 is 1.30 bits per heavy atom. The molecule has 3 rings (SSSR count). The molecule has 0 spiro atoms. The third kappa shape index (κ3) is 1.97. The van der Waals surface area contributed by atoms with Crippen LogP contribution in [0.2, 0.25) is 0 Å². The van der Waals surface area contributed by atoms with E-state index in [1.54, 1.807) is 36.7 Å². The highest BCUT2D eigenvalue weighted by molar-refractivity contribution is 5.96. The molecule has 0 saturated carbocycles. The normalized spacial score (nSPS) is 10.9. The third-order valence-electron chi connectivity index (χ3n) is 3.14. The average Bonchev–Trinajstić information content (AvgIpc) is 2.95. The van der Waals surface area contributed by atoms with Crippen molar-refractivity contribution in [1.29, 1.82) is 0 Å². The molecule has 0 aliphatic carbocycles. The van der Waals surface area contributed by atoms with E-state index in [2.05, 4.69) is 9.97 Å². The number of benzene rings is 1. The number of halogens is 1. The van der Waals surface area contributed by atoms with Gasteiger partial charge in [0.05, 0.1) is 0 Å². The van der Waals surface area contributed by atoms with Gasteiger partial charge in [0, 0.05) is 24.2 Å². The third-order valence-corrected chi connectivity index (χ3v) is 3.14. The molecule has 2 aromatic heterocycles. The van der Waals surface area contributed by atoms with Gasteiger partial charge in [0.15, 0.2) is 0 Å². The fourth-order valence-electron chi connectivity index (χ4n) is 2.13. The molecule has 20 heavy (non-hydrogen) atoms. The second-order valence-corrected chi connectivity index (χ2v) is 4.38. The number of imidazole rings is 1. The molecule has 0 N–H and O–H groups in total. The zero-order valence-corrected chi connectivity index (χ0v) is 10.9. The van der Waals surface area contributed by atoms with Crippen molar-refractivity contribution in [3.05, 3.63) is 60.1 Å². The highest BCUT2D eigenvalue weighted by Gasteiger charge is 2.14. The fraction of sp³-hybridized carbons (Fsp3) is 0.133. The number of nitrogens with zero attached hydrogens (tertiary/aromatic N) is 3. The summed E-state index contributed by atoms with van der Waals surface area (Å²) < 4.78 is 15.2. The maximum atomic E-state index is 13.7. The van der Waals surface area contributed by atoms with Crippen LogP contribution in [0.15, 0.2) is 42.7 Å². The van der Waals surface area contributed by atoms with Crippen molar-refractivity contribution in [2.45, 2.75) is 13.3 Å². The summed E-state index contributed by atoms with van der Waals surface area (Å²) in [5, 5.41) is 0.669.